The Hall–Kier alpha value is -0.260. The molecule has 0 radical (unpaired) electrons. The minimum Gasteiger partial charge on any atom is -0.264 e. The second-order valence-electron chi connectivity index (χ2n) is 5.47. The first-order valence-corrected chi connectivity index (χ1v) is 10.6. The minimum absolute atomic E-state index is 0.196. The summed E-state index contributed by atoms with van der Waals surface area (Å²) < 4.78 is 70.9. The zero-order valence-corrected chi connectivity index (χ0v) is 15.3. The Kier molecular flexibility index (Phi) is 11.2. The van der Waals surface area contributed by atoms with Crippen molar-refractivity contribution in [3.05, 3.63) is 0 Å². The molecule has 0 aliphatic rings. The first-order valence-electron chi connectivity index (χ1n) is 7.90. The third kappa shape index (κ3) is 13.8. The van der Waals surface area contributed by atoms with Crippen molar-refractivity contribution in [3.8, 4) is 0 Å². The Morgan fingerprint density at radius 3 is 1.39 bits per heavy atom. The molecule has 0 aromatic rings. The standard InChI is InChI=1S/C13H28O8S2/c1-3-5-7-9-11-13(21-23(17,18)19)12(10-8-6-4-2)20-22(14,15)16/h12-13H,3-11H2,1-2H3,(H,14,15,16)(H,17,18,19). The first kappa shape index (κ1) is 22.7. The van der Waals surface area contributed by atoms with E-state index < -0.39 is 33.0 Å². The van der Waals surface area contributed by atoms with E-state index in [1.807, 2.05) is 13.8 Å². The molecule has 0 bridgehead atoms. The van der Waals surface area contributed by atoms with Gasteiger partial charge in [0.2, 0.25) is 0 Å². The van der Waals surface area contributed by atoms with Crippen molar-refractivity contribution in [3.63, 3.8) is 0 Å². The van der Waals surface area contributed by atoms with Crippen LogP contribution in [0.4, 0.5) is 0 Å². The number of rotatable bonds is 14. The lowest BCUT2D eigenvalue weighted by Crippen LogP contribution is -2.35. The van der Waals surface area contributed by atoms with Gasteiger partial charge in [-0.05, 0) is 12.8 Å². The van der Waals surface area contributed by atoms with Crippen LogP contribution in [0, 0.1) is 0 Å². The van der Waals surface area contributed by atoms with Gasteiger partial charge in [0.25, 0.3) is 0 Å². The van der Waals surface area contributed by atoms with Gasteiger partial charge in [-0.25, -0.2) is 8.37 Å². The predicted octanol–water partition coefficient (Wildman–Crippen LogP) is 2.91. The highest BCUT2D eigenvalue weighted by molar-refractivity contribution is 7.81. The summed E-state index contributed by atoms with van der Waals surface area (Å²) in [4.78, 5) is 0. The molecule has 2 atom stereocenters. The molecule has 10 heteroatoms. The quantitative estimate of drug-likeness (QED) is 0.350. The summed E-state index contributed by atoms with van der Waals surface area (Å²) in [6.45, 7) is 3.97. The molecule has 0 saturated carbocycles. The largest absolute Gasteiger partial charge is 0.397 e. The van der Waals surface area contributed by atoms with Gasteiger partial charge in [0.15, 0.2) is 0 Å². The molecule has 0 aromatic heterocycles. The van der Waals surface area contributed by atoms with E-state index in [2.05, 4.69) is 8.37 Å². The summed E-state index contributed by atoms with van der Waals surface area (Å²) in [5, 5.41) is 0. The van der Waals surface area contributed by atoms with E-state index in [4.69, 9.17) is 9.11 Å². The molecule has 23 heavy (non-hydrogen) atoms. The first-order chi connectivity index (χ1) is 10.6. The van der Waals surface area contributed by atoms with Crippen LogP contribution in [0.1, 0.15) is 71.6 Å². The Labute approximate surface area is 139 Å². The van der Waals surface area contributed by atoms with Crippen molar-refractivity contribution in [2.24, 2.45) is 0 Å². The Bertz CT molecular complexity index is 500. The van der Waals surface area contributed by atoms with Crippen molar-refractivity contribution in [2.75, 3.05) is 0 Å². The normalized spacial score (nSPS) is 15.5. The maximum absolute atomic E-state index is 11.0. The van der Waals surface area contributed by atoms with Gasteiger partial charge >= 0.3 is 20.8 Å². The van der Waals surface area contributed by atoms with Gasteiger partial charge in [0, 0.05) is 0 Å². The van der Waals surface area contributed by atoms with Crippen LogP contribution in [0.2, 0.25) is 0 Å². The topological polar surface area (TPSA) is 127 Å². The highest BCUT2D eigenvalue weighted by Gasteiger charge is 2.30. The van der Waals surface area contributed by atoms with Crippen LogP contribution in [0.25, 0.3) is 0 Å². The fraction of sp³-hybridized carbons (Fsp3) is 1.00. The van der Waals surface area contributed by atoms with Gasteiger partial charge in [-0.1, -0.05) is 58.8 Å². The molecule has 0 amide bonds. The Balaban J connectivity index is 4.99. The van der Waals surface area contributed by atoms with Crippen molar-refractivity contribution >= 4 is 20.8 Å². The van der Waals surface area contributed by atoms with E-state index in [0.29, 0.717) is 12.8 Å². The molecule has 0 aliphatic heterocycles. The van der Waals surface area contributed by atoms with Crippen molar-refractivity contribution in [2.45, 2.75) is 83.8 Å². The fourth-order valence-corrected chi connectivity index (χ4v) is 3.34. The van der Waals surface area contributed by atoms with Gasteiger partial charge in [-0.3, -0.25) is 9.11 Å². The van der Waals surface area contributed by atoms with Crippen LogP contribution >= 0.6 is 0 Å². The molecule has 8 nitrogen and oxygen atoms in total. The molecule has 0 heterocycles. The lowest BCUT2D eigenvalue weighted by Gasteiger charge is -2.24. The summed E-state index contributed by atoms with van der Waals surface area (Å²) in [7, 11) is -9.51. The molecule has 0 aliphatic carbocycles. The molecule has 2 N–H and O–H groups in total. The summed E-state index contributed by atoms with van der Waals surface area (Å²) in [6, 6.07) is 0. The SMILES string of the molecule is CCCCCCC(OS(=O)(=O)O)C(CCCCC)OS(=O)(=O)O. The second-order valence-corrected chi connectivity index (χ2v) is 7.57. The fourth-order valence-electron chi connectivity index (χ4n) is 2.27. The van der Waals surface area contributed by atoms with Gasteiger partial charge in [0.1, 0.15) is 12.2 Å². The summed E-state index contributed by atoms with van der Waals surface area (Å²) in [5.41, 5.74) is 0. The van der Waals surface area contributed by atoms with Crippen molar-refractivity contribution in [1.82, 2.24) is 0 Å². The van der Waals surface area contributed by atoms with Crippen LogP contribution in [0.5, 0.6) is 0 Å². The van der Waals surface area contributed by atoms with E-state index in [9.17, 15) is 16.8 Å². The zero-order valence-electron chi connectivity index (χ0n) is 13.7. The number of unbranched alkanes of at least 4 members (excludes halogenated alkanes) is 5. The minimum atomic E-state index is -4.75. The highest BCUT2D eigenvalue weighted by Crippen LogP contribution is 2.21. The zero-order chi connectivity index (χ0) is 17.9. The van der Waals surface area contributed by atoms with Crippen molar-refractivity contribution in [1.29, 1.82) is 0 Å². The summed E-state index contributed by atoms with van der Waals surface area (Å²) in [5.74, 6) is 0. The molecule has 140 valence electrons. The number of hydrogen-bond acceptors (Lipinski definition) is 6. The highest BCUT2D eigenvalue weighted by atomic mass is 32.3. The van der Waals surface area contributed by atoms with Crippen LogP contribution in [0.3, 0.4) is 0 Å². The van der Waals surface area contributed by atoms with E-state index >= 15 is 0 Å². The summed E-state index contributed by atoms with van der Waals surface area (Å²) in [6.07, 6.45) is 3.64. The number of hydrogen-bond donors (Lipinski definition) is 2. The lowest BCUT2D eigenvalue weighted by molar-refractivity contribution is 0.0332. The second kappa shape index (κ2) is 11.3. The van der Waals surface area contributed by atoms with E-state index in [1.54, 1.807) is 0 Å². The van der Waals surface area contributed by atoms with Gasteiger partial charge in [-0.15, -0.1) is 0 Å². The summed E-state index contributed by atoms with van der Waals surface area (Å²) >= 11 is 0. The van der Waals surface area contributed by atoms with Gasteiger partial charge in [-0.2, -0.15) is 16.8 Å². The van der Waals surface area contributed by atoms with Crippen LogP contribution in [-0.2, 0) is 29.2 Å². The molecule has 2 unspecified atom stereocenters. The van der Waals surface area contributed by atoms with E-state index in [0.717, 1.165) is 32.1 Å². The molecule has 0 rings (SSSR count). The maximum atomic E-state index is 11.0. The maximum Gasteiger partial charge on any atom is 0.397 e. The third-order valence-corrected chi connectivity index (χ3v) is 4.32. The van der Waals surface area contributed by atoms with E-state index in [1.165, 1.54) is 0 Å². The lowest BCUT2D eigenvalue weighted by atomic mass is 10.0. The van der Waals surface area contributed by atoms with Crippen LogP contribution in [-0.4, -0.2) is 38.1 Å². The molecular weight excluding hydrogens is 348 g/mol. The molecule has 0 fully saturated rings. The van der Waals surface area contributed by atoms with Gasteiger partial charge in [0.05, 0.1) is 0 Å². The van der Waals surface area contributed by atoms with Crippen molar-refractivity contribution < 1.29 is 34.3 Å². The molecule has 0 aromatic carbocycles. The average molecular weight is 376 g/mol. The van der Waals surface area contributed by atoms with Crippen LogP contribution < -0.4 is 0 Å². The predicted molar refractivity (Wildman–Crippen MR) is 85.7 cm³/mol. The molecule has 0 saturated heterocycles. The molecule has 0 spiro atoms. The molecular formula is C13H28O8S2. The monoisotopic (exact) mass is 376 g/mol. The average Bonchev–Trinajstić information content (AvgIpc) is 2.39. The van der Waals surface area contributed by atoms with Gasteiger partial charge < -0.3 is 0 Å². The smallest absolute Gasteiger partial charge is 0.264 e. The Morgan fingerprint density at radius 1 is 0.696 bits per heavy atom. The van der Waals surface area contributed by atoms with E-state index in [-0.39, 0.29) is 12.8 Å². The van der Waals surface area contributed by atoms with Crippen LogP contribution in [0.15, 0.2) is 0 Å². The third-order valence-electron chi connectivity index (χ3n) is 3.34. The Morgan fingerprint density at radius 2 is 1.04 bits per heavy atom.